The number of Topliss-reactive ketones (excluding diaryl/α,β-unsaturated/α-hetero) is 1. The van der Waals surface area contributed by atoms with Crippen molar-refractivity contribution >= 4 is 16.7 Å². The first kappa shape index (κ1) is 21.5. The Labute approximate surface area is 173 Å². The van der Waals surface area contributed by atoms with Crippen molar-refractivity contribution in [2.75, 3.05) is 20.3 Å². The van der Waals surface area contributed by atoms with E-state index in [0.717, 1.165) is 6.42 Å². The van der Waals surface area contributed by atoms with E-state index in [1.54, 1.807) is 24.3 Å². The highest BCUT2D eigenvalue weighted by atomic mass is 19.1. The number of hydrogen-bond donors (Lipinski definition) is 2. The van der Waals surface area contributed by atoms with Crippen LogP contribution in [0.15, 0.2) is 41.2 Å². The Hall–Kier alpha value is -3.19. The molecule has 2 aromatic carbocycles. The maximum atomic E-state index is 14.7. The smallest absolute Gasteiger partial charge is 0.201 e. The molecule has 0 aliphatic rings. The van der Waals surface area contributed by atoms with Crippen LogP contribution in [0.3, 0.4) is 0 Å². The molecule has 30 heavy (non-hydrogen) atoms. The van der Waals surface area contributed by atoms with E-state index in [4.69, 9.17) is 14.6 Å². The Morgan fingerprint density at radius 3 is 2.53 bits per heavy atom. The Morgan fingerprint density at radius 2 is 1.90 bits per heavy atom. The number of pyridine rings is 1. The molecule has 3 aromatic rings. The fraction of sp³-hybridized carbons (Fsp3) is 0.304. The molecule has 0 atom stereocenters. The lowest BCUT2D eigenvalue weighted by molar-refractivity contribution is 0.0967. The quantitative estimate of drug-likeness (QED) is 0.516. The zero-order chi connectivity index (χ0) is 21.7. The number of aromatic nitrogens is 1. The van der Waals surface area contributed by atoms with E-state index >= 15 is 0 Å². The van der Waals surface area contributed by atoms with Gasteiger partial charge in [0, 0.05) is 13.0 Å². The number of ketones is 1. The number of fused-ring (bicyclic) bond motifs is 1. The molecular weight excluding hydrogens is 389 g/mol. The second kappa shape index (κ2) is 9.54. The molecule has 0 radical (unpaired) electrons. The summed E-state index contributed by atoms with van der Waals surface area (Å²) in [6, 6.07) is 9.25. The summed E-state index contributed by atoms with van der Waals surface area (Å²) in [5.41, 5.74) is 0.169. The highest BCUT2D eigenvalue weighted by Gasteiger charge is 2.23. The van der Waals surface area contributed by atoms with Gasteiger partial charge in [0.05, 0.1) is 35.9 Å². The van der Waals surface area contributed by atoms with Gasteiger partial charge in [-0.05, 0) is 42.7 Å². The second-order valence-corrected chi connectivity index (χ2v) is 6.83. The van der Waals surface area contributed by atoms with E-state index in [1.807, 2.05) is 6.92 Å². The molecule has 0 aliphatic heterocycles. The van der Waals surface area contributed by atoms with Crippen molar-refractivity contribution in [3.05, 3.63) is 58.1 Å². The van der Waals surface area contributed by atoms with E-state index in [1.165, 1.54) is 19.2 Å². The van der Waals surface area contributed by atoms with Gasteiger partial charge in [-0.15, -0.1) is 0 Å². The molecule has 0 bridgehead atoms. The molecule has 0 aliphatic carbocycles. The number of hydrogen-bond acceptors (Lipinski definition) is 5. The average Bonchev–Trinajstić information content (AvgIpc) is 2.76. The molecule has 0 amide bonds. The number of ether oxygens (including phenoxy) is 2. The largest absolute Gasteiger partial charge is 0.497 e. The SMILES string of the molecule is CCCOc1ccc(F)c2c(=O)c(-c3ccc(OC)cc3)c(C(=O)CCCO)[nH]c12. The Balaban J connectivity index is 2.31. The van der Waals surface area contributed by atoms with Gasteiger partial charge in [-0.3, -0.25) is 9.59 Å². The highest BCUT2D eigenvalue weighted by molar-refractivity contribution is 6.04. The summed E-state index contributed by atoms with van der Waals surface area (Å²) in [7, 11) is 1.52. The number of carbonyl (C=O) groups is 1. The zero-order valence-electron chi connectivity index (χ0n) is 17.0. The molecule has 0 unspecified atom stereocenters. The number of benzene rings is 2. The van der Waals surface area contributed by atoms with Crippen molar-refractivity contribution in [2.45, 2.75) is 26.2 Å². The third kappa shape index (κ3) is 4.21. The van der Waals surface area contributed by atoms with Crippen molar-refractivity contribution in [1.82, 2.24) is 4.98 Å². The van der Waals surface area contributed by atoms with Crippen molar-refractivity contribution in [3.8, 4) is 22.6 Å². The molecule has 3 rings (SSSR count). The van der Waals surface area contributed by atoms with Gasteiger partial charge in [-0.2, -0.15) is 0 Å². The third-order valence-corrected chi connectivity index (χ3v) is 4.75. The third-order valence-electron chi connectivity index (χ3n) is 4.75. The first-order valence-electron chi connectivity index (χ1n) is 9.81. The van der Waals surface area contributed by atoms with Gasteiger partial charge in [0.25, 0.3) is 0 Å². The van der Waals surface area contributed by atoms with E-state index < -0.39 is 11.2 Å². The van der Waals surface area contributed by atoms with Crippen LogP contribution in [0.1, 0.15) is 36.7 Å². The van der Waals surface area contributed by atoms with Crippen LogP contribution in [-0.2, 0) is 0 Å². The Kier molecular flexibility index (Phi) is 6.84. The molecule has 7 heteroatoms. The van der Waals surface area contributed by atoms with Gasteiger partial charge in [-0.25, -0.2) is 4.39 Å². The van der Waals surface area contributed by atoms with Crippen LogP contribution >= 0.6 is 0 Å². The zero-order valence-corrected chi connectivity index (χ0v) is 17.0. The second-order valence-electron chi connectivity index (χ2n) is 6.83. The summed E-state index contributed by atoms with van der Waals surface area (Å²) in [6.07, 6.45) is 1.03. The number of methoxy groups -OCH3 is 1. The lowest BCUT2D eigenvalue weighted by atomic mass is 9.97. The fourth-order valence-corrected chi connectivity index (χ4v) is 3.27. The lowest BCUT2D eigenvalue weighted by Crippen LogP contribution is -2.17. The van der Waals surface area contributed by atoms with Crippen LogP contribution in [-0.4, -0.2) is 36.2 Å². The molecule has 2 N–H and O–H groups in total. The van der Waals surface area contributed by atoms with Gasteiger partial charge in [0.1, 0.15) is 17.3 Å². The normalized spacial score (nSPS) is 10.9. The van der Waals surface area contributed by atoms with Gasteiger partial charge >= 0.3 is 0 Å². The maximum absolute atomic E-state index is 14.7. The predicted molar refractivity (Wildman–Crippen MR) is 113 cm³/mol. The topological polar surface area (TPSA) is 88.6 Å². The summed E-state index contributed by atoms with van der Waals surface area (Å²) in [6.45, 7) is 2.16. The number of rotatable bonds is 9. The van der Waals surface area contributed by atoms with E-state index in [-0.39, 0.29) is 47.4 Å². The predicted octanol–water partition coefficient (Wildman–Crippen LogP) is 4.09. The molecule has 1 aromatic heterocycles. The van der Waals surface area contributed by atoms with Crippen LogP contribution in [0.5, 0.6) is 11.5 Å². The minimum atomic E-state index is -0.695. The Bertz CT molecular complexity index is 1110. The lowest BCUT2D eigenvalue weighted by Gasteiger charge is -2.14. The van der Waals surface area contributed by atoms with Crippen LogP contribution in [0, 0.1) is 5.82 Å². The number of aromatic amines is 1. The molecule has 1 heterocycles. The van der Waals surface area contributed by atoms with Gasteiger partial charge < -0.3 is 19.6 Å². The number of H-pyrrole nitrogens is 1. The molecule has 0 spiro atoms. The Morgan fingerprint density at radius 1 is 1.17 bits per heavy atom. The van der Waals surface area contributed by atoms with Crippen molar-refractivity contribution in [1.29, 1.82) is 0 Å². The standard InChI is InChI=1S/C23H24FNO5/c1-3-13-30-18-11-10-16(24)20-22(18)25-21(17(27)5-4-12-26)19(23(20)28)14-6-8-15(29-2)9-7-14/h6-11,26H,3-5,12-13H2,1-2H3,(H,25,28). The molecule has 0 fully saturated rings. The number of aliphatic hydroxyl groups is 1. The van der Waals surface area contributed by atoms with Crippen LogP contribution in [0.2, 0.25) is 0 Å². The van der Waals surface area contributed by atoms with Crippen LogP contribution in [0.4, 0.5) is 4.39 Å². The molecule has 0 saturated carbocycles. The van der Waals surface area contributed by atoms with Crippen LogP contribution < -0.4 is 14.9 Å². The number of nitrogens with one attached hydrogen (secondary N) is 1. The molecule has 0 saturated heterocycles. The van der Waals surface area contributed by atoms with E-state index in [9.17, 15) is 14.0 Å². The molecular formula is C23H24FNO5. The minimum Gasteiger partial charge on any atom is -0.497 e. The molecule has 158 valence electrons. The summed E-state index contributed by atoms with van der Waals surface area (Å²) < 4.78 is 25.5. The minimum absolute atomic E-state index is 0.0432. The maximum Gasteiger partial charge on any atom is 0.201 e. The fourth-order valence-electron chi connectivity index (χ4n) is 3.27. The average molecular weight is 413 g/mol. The van der Waals surface area contributed by atoms with Crippen molar-refractivity contribution in [2.24, 2.45) is 0 Å². The number of carbonyl (C=O) groups excluding carboxylic acids is 1. The summed E-state index contributed by atoms with van der Waals surface area (Å²) in [5.74, 6) is -0.146. The molecule has 6 nitrogen and oxygen atoms in total. The first-order chi connectivity index (χ1) is 14.5. The summed E-state index contributed by atoms with van der Waals surface area (Å²) in [4.78, 5) is 29.2. The monoisotopic (exact) mass is 413 g/mol. The van der Waals surface area contributed by atoms with Crippen molar-refractivity contribution in [3.63, 3.8) is 0 Å². The highest BCUT2D eigenvalue weighted by Crippen LogP contribution is 2.30. The summed E-state index contributed by atoms with van der Waals surface area (Å²) in [5, 5.41) is 8.94. The van der Waals surface area contributed by atoms with Gasteiger partial charge in [-0.1, -0.05) is 19.1 Å². The number of aliphatic hydroxyl groups excluding tert-OH is 1. The van der Waals surface area contributed by atoms with Gasteiger partial charge in [0.2, 0.25) is 5.43 Å². The number of halogens is 1. The van der Waals surface area contributed by atoms with E-state index in [0.29, 0.717) is 23.7 Å². The van der Waals surface area contributed by atoms with Crippen LogP contribution in [0.25, 0.3) is 22.0 Å². The summed E-state index contributed by atoms with van der Waals surface area (Å²) >= 11 is 0. The van der Waals surface area contributed by atoms with Gasteiger partial charge in [0.15, 0.2) is 5.78 Å². The first-order valence-corrected chi connectivity index (χ1v) is 9.81. The van der Waals surface area contributed by atoms with E-state index in [2.05, 4.69) is 4.98 Å². The van der Waals surface area contributed by atoms with Crippen molar-refractivity contribution < 1.29 is 23.8 Å².